The monoisotopic (exact) mass is 275 g/mol. The maximum Gasteiger partial charge on any atom is 0.273 e. The van der Waals surface area contributed by atoms with Crippen molar-refractivity contribution >= 4 is 17.3 Å². The first-order valence-electron chi connectivity index (χ1n) is 5.41. The first kappa shape index (κ1) is 13.3. The van der Waals surface area contributed by atoms with E-state index in [-0.39, 0.29) is 22.7 Å². The maximum atomic E-state index is 11.9. The Hall–Kier alpha value is -3.16. The SMILES string of the molecule is O=C(Nc1ccc([N+](=O)[O-])cc1O)c1ccncc1O. The molecule has 20 heavy (non-hydrogen) atoms. The molecule has 0 saturated heterocycles. The molecular formula is C12H9N3O5. The standard InChI is InChI=1S/C12H9N3O5/c16-10-5-7(15(19)20)1-2-9(10)14-12(18)8-3-4-13-6-11(8)17/h1-6,16-17H,(H,14,18). The number of non-ortho nitro benzene ring substituents is 1. The first-order valence-corrected chi connectivity index (χ1v) is 5.41. The van der Waals surface area contributed by atoms with Crippen LogP contribution in [-0.2, 0) is 0 Å². The molecule has 0 atom stereocenters. The molecule has 0 spiro atoms. The van der Waals surface area contributed by atoms with Crippen LogP contribution in [0.3, 0.4) is 0 Å². The van der Waals surface area contributed by atoms with Crippen LogP contribution < -0.4 is 5.32 Å². The highest BCUT2D eigenvalue weighted by Crippen LogP contribution is 2.28. The van der Waals surface area contributed by atoms with E-state index in [1.54, 1.807) is 0 Å². The van der Waals surface area contributed by atoms with Crippen molar-refractivity contribution in [3.8, 4) is 11.5 Å². The number of nitrogens with zero attached hydrogens (tertiary/aromatic N) is 2. The molecule has 8 heteroatoms. The number of nitro benzene ring substituents is 1. The summed E-state index contributed by atoms with van der Waals surface area (Å²) in [5.41, 5.74) is -0.332. The summed E-state index contributed by atoms with van der Waals surface area (Å²) >= 11 is 0. The third-order valence-corrected chi connectivity index (χ3v) is 2.49. The molecule has 0 unspecified atom stereocenters. The number of amides is 1. The lowest BCUT2D eigenvalue weighted by molar-refractivity contribution is -0.384. The lowest BCUT2D eigenvalue weighted by Crippen LogP contribution is -2.12. The fourth-order valence-corrected chi connectivity index (χ4v) is 1.51. The van der Waals surface area contributed by atoms with Gasteiger partial charge in [-0.2, -0.15) is 0 Å². The molecule has 0 saturated carbocycles. The number of benzene rings is 1. The highest BCUT2D eigenvalue weighted by molar-refractivity contribution is 6.06. The second kappa shape index (κ2) is 5.22. The minimum atomic E-state index is -0.672. The van der Waals surface area contributed by atoms with Crippen LogP contribution in [0.5, 0.6) is 11.5 Å². The minimum absolute atomic E-state index is 0.00295. The van der Waals surface area contributed by atoms with Crippen molar-refractivity contribution in [3.05, 3.63) is 52.3 Å². The number of hydrogen-bond donors (Lipinski definition) is 3. The summed E-state index contributed by atoms with van der Waals surface area (Å²) in [5.74, 6) is -1.43. The molecule has 2 aromatic rings. The van der Waals surface area contributed by atoms with Gasteiger partial charge in [-0.05, 0) is 12.1 Å². The van der Waals surface area contributed by atoms with Crippen molar-refractivity contribution in [1.82, 2.24) is 4.98 Å². The summed E-state index contributed by atoms with van der Waals surface area (Å²) in [6.07, 6.45) is 2.43. The molecule has 2 rings (SSSR count). The molecule has 0 bridgehead atoms. The Labute approximate surface area is 112 Å². The molecule has 1 amide bonds. The van der Waals surface area contributed by atoms with E-state index in [0.29, 0.717) is 0 Å². The Balaban J connectivity index is 2.25. The van der Waals surface area contributed by atoms with Crippen LogP contribution in [-0.4, -0.2) is 26.0 Å². The topological polar surface area (TPSA) is 126 Å². The van der Waals surface area contributed by atoms with Crippen molar-refractivity contribution in [3.63, 3.8) is 0 Å². The highest BCUT2D eigenvalue weighted by Gasteiger charge is 2.15. The van der Waals surface area contributed by atoms with Gasteiger partial charge in [0, 0.05) is 12.3 Å². The average molecular weight is 275 g/mol. The molecule has 8 nitrogen and oxygen atoms in total. The van der Waals surface area contributed by atoms with Crippen LogP contribution in [0.4, 0.5) is 11.4 Å². The van der Waals surface area contributed by atoms with Crippen LogP contribution in [0.15, 0.2) is 36.7 Å². The van der Waals surface area contributed by atoms with Crippen LogP contribution >= 0.6 is 0 Å². The van der Waals surface area contributed by atoms with Crippen LogP contribution in [0, 0.1) is 10.1 Å². The van der Waals surface area contributed by atoms with E-state index in [0.717, 1.165) is 18.3 Å². The number of phenols is 1. The van der Waals surface area contributed by atoms with E-state index in [1.807, 2.05) is 0 Å². The van der Waals surface area contributed by atoms with E-state index in [2.05, 4.69) is 10.3 Å². The Morgan fingerprint density at radius 3 is 2.60 bits per heavy atom. The Morgan fingerprint density at radius 1 is 1.25 bits per heavy atom. The molecule has 1 heterocycles. The number of hydrogen-bond acceptors (Lipinski definition) is 6. The van der Waals surface area contributed by atoms with Crippen molar-refractivity contribution < 1.29 is 19.9 Å². The number of carbonyl (C=O) groups is 1. The van der Waals surface area contributed by atoms with E-state index >= 15 is 0 Å². The Bertz CT molecular complexity index is 687. The second-order valence-electron chi connectivity index (χ2n) is 3.81. The summed E-state index contributed by atoms with van der Waals surface area (Å²) in [5, 5.41) is 31.9. The van der Waals surface area contributed by atoms with Crippen molar-refractivity contribution in [2.24, 2.45) is 0 Å². The van der Waals surface area contributed by atoms with Gasteiger partial charge in [-0.15, -0.1) is 0 Å². The number of carbonyl (C=O) groups excluding carboxylic acids is 1. The summed E-state index contributed by atoms with van der Waals surface area (Å²) in [6, 6.07) is 4.56. The second-order valence-corrected chi connectivity index (χ2v) is 3.81. The summed E-state index contributed by atoms with van der Waals surface area (Å²) in [7, 11) is 0. The van der Waals surface area contributed by atoms with Gasteiger partial charge in [-0.1, -0.05) is 0 Å². The molecule has 0 fully saturated rings. The van der Waals surface area contributed by atoms with E-state index < -0.39 is 16.6 Å². The molecule has 3 N–H and O–H groups in total. The molecule has 0 aliphatic carbocycles. The molecule has 0 aliphatic rings. The van der Waals surface area contributed by atoms with Gasteiger partial charge in [0.2, 0.25) is 0 Å². The number of anilines is 1. The molecule has 102 valence electrons. The zero-order valence-corrected chi connectivity index (χ0v) is 9.98. The van der Waals surface area contributed by atoms with Gasteiger partial charge in [0.25, 0.3) is 11.6 Å². The highest BCUT2D eigenvalue weighted by atomic mass is 16.6. The predicted molar refractivity (Wildman–Crippen MR) is 68.6 cm³/mol. The third kappa shape index (κ3) is 2.64. The number of nitro groups is 1. The Kier molecular flexibility index (Phi) is 3.47. The largest absolute Gasteiger partial charge is 0.506 e. The zero-order valence-electron chi connectivity index (χ0n) is 9.98. The molecular weight excluding hydrogens is 266 g/mol. The number of pyridine rings is 1. The smallest absolute Gasteiger partial charge is 0.273 e. The van der Waals surface area contributed by atoms with Crippen LogP contribution in [0.1, 0.15) is 10.4 Å². The summed E-state index contributed by atoms with van der Waals surface area (Å²) < 4.78 is 0. The van der Waals surface area contributed by atoms with Gasteiger partial charge in [-0.25, -0.2) is 0 Å². The number of rotatable bonds is 3. The third-order valence-electron chi connectivity index (χ3n) is 2.49. The van der Waals surface area contributed by atoms with Gasteiger partial charge in [0.15, 0.2) is 0 Å². The van der Waals surface area contributed by atoms with E-state index in [9.17, 15) is 25.1 Å². The molecule has 1 aromatic heterocycles. The zero-order chi connectivity index (χ0) is 14.7. The Morgan fingerprint density at radius 2 is 2.00 bits per heavy atom. The minimum Gasteiger partial charge on any atom is -0.506 e. The fourth-order valence-electron chi connectivity index (χ4n) is 1.51. The predicted octanol–water partition coefficient (Wildman–Crippen LogP) is 1.65. The number of phenolic OH excluding ortho intramolecular Hbond substituents is 1. The fraction of sp³-hybridized carbons (Fsp3) is 0. The van der Waals surface area contributed by atoms with Gasteiger partial charge < -0.3 is 15.5 Å². The lowest BCUT2D eigenvalue weighted by Gasteiger charge is -2.07. The lowest BCUT2D eigenvalue weighted by atomic mass is 10.2. The van der Waals surface area contributed by atoms with Crippen molar-refractivity contribution in [1.29, 1.82) is 0 Å². The average Bonchev–Trinajstić information content (AvgIpc) is 2.41. The normalized spacial score (nSPS) is 10.0. The molecule has 0 radical (unpaired) electrons. The van der Waals surface area contributed by atoms with E-state index in [4.69, 9.17) is 0 Å². The number of aromatic nitrogens is 1. The van der Waals surface area contributed by atoms with Gasteiger partial charge in [-0.3, -0.25) is 19.9 Å². The van der Waals surface area contributed by atoms with Crippen molar-refractivity contribution in [2.45, 2.75) is 0 Å². The first-order chi connectivity index (χ1) is 9.49. The van der Waals surface area contributed by atoms with Gasteiger partial charge in [0.05, 0.1) is 28.4 Å². The number of aromatic hydroxyl groups is 2. The van der Waals surface area contributed by atoms with Crippen molar-refractivity contribution in [2.75, 3.05) is 5.32 Å². The van der Waals surface area contributed by atoms with Crippen LogP contribution in [0.2, 0.25) is 0 Å². The van der Waals surface area contributed by atoms with Crippen LogP contribution in [0.25, 0.3) is 0 Å². The molecule has 1 aromatic carbocycles. The maximum absolute atomic E-state index is 11.9. The van der Waals surface area contributed by atoms with E-state index in [1.165, 1.54) is 18.3 Å². The summed E-state index contributed by atoms with van der Waals surface area (Å²) in [6.45, 7) is 0. The quantitative estimate of drug-likeness (QED) is 0.444. The van der Waals surface area contributed by atoms with Gasteiger partial charge in [0.1, 0.15) is 11.5 Å². The number of nitrogens with one attached hydrogen (secondary N) is 1. The summed E-state index contributed by atoms with van der Waals surface area (Å²) in [4.78, 5) is 25.3. The molecule has 0 aliphatic heterocycles. The van der Waals surface area contributed by atoms with Gasteiger partial charge >= 0.3 is 0 Å².